The van der Waals surface area contributed by atoms with Crippen molar-refractivity contribution in [1.29, 1.82) is 0 Å². The molecule has 0 aliphatic carbocycles. The summed E-state index contributed by atoms with van der Waals surface area (Å²) in [5.74, 6) is 0.402. The number of hydrogen-bond donors (Lipinski definition) is 2. The summed E-state index contributed by atoms with van der Waals surface area (Å²) in [5.41, 5.74) is 7.77. The summed E-state index contributed by atoms with van der Waals surface area (Å²) in [5, 5.41) is 2.84. The van der Waals surface area contributed by atoms with Gasteiger partial charge in [-0.05, 0) is 17.7 Å². The van der Waals surface area contributed by atoms with E-state index in [4.69, 9.17) is 10.5 Å². The van der Waals surface area contributed by atoms with E-state index in [1.54, 1.807) is 25.3 Å². The molecule has 2 aromatic rings. The SMILES string of the molecule is COc1cc(N)cc(C(=O)NCc2ccccc2)c1. The average molecular weight is 256 g/mol. The number of rotatable bonds is 4. The Morgan fingerprint density at radius 1 is 1.21 bits per heavy atom. The molecule has 0 saturated heterocycles. The zero-order valence-electron chi connectivity index (χ0n) is 10.7. The van der Waals surface area contributed by atoms with Crippen molar-refractivity contribution in [3.8, 4) is 5.75 Å². The van der Waals surface area contributed by atoms with Gasteiger partial charge in [0.2, 0.25) is 0 Å². The number of carbonyl (C=O) groups excluding carboxylic acids is 1. The van der Waals surface area contributed by atoms with Gasteiger partial charge in [-0.25, -0.2) is 0 Å². The van der Waals surface area contributed by atoms with Gasteiger partial charge in [0.25, 0.3) is 5.91 Å². The van der Waals surface area contributed by atoms with Gasteiger partial charge in [-0.3, -0.25) is 4.79 Å². The fraction of sp³-hybridized carbons (Fsp3) is 0.133. The number of anilines is 1. The molecule has 0 spiro atoms. The monoisotopic (exact) mass is 256 g/mol. The molecule has 0 aliphatic heterocycles. The molecule has 4 heteroatoms. The molecule has 0 aliphatic rings. The molecule has 0 bridgehead atoms. The van der Waals surface area contributed by atoms with Crippen molar-refractivity contribution in [2.24, 2.45) is 0 Å². The second kappa shape index (κ2) is 5.91. The highest BCUT2D eigenvalue weighted by atomic mass is 16.5. The Morgan fingerprint density at radius 3 is 2.63 bits per heavy atom. The van der Waals surface area contributed by atoms with Crippen LogP contribution in [-0.2, 0) is 6.54 Å². The smallest absolute Gasteiger partial charge is 0.251 e. The molecule has 98 valence electrons. The van der Waals surface area contributed by atoms with Crippen LogP contribution in [-0.4, -0.2) is 13.0 Å². The molecule has 1 amide bonds. The lowest BCUT2D eigenvalue weighted by atomic mass is 10.1. The van der Waals surface area contributed by atoms with Crippen LogP contribution < -0.4 is 15.8 Å². The molecule has 0 radical (unpaired) electrons. The van der Waals surface area contributed by atoms with E-state index in [9.17, 15) is 4.79 Å². The number of hydrogen-bond acceptors (Lipinski definition) is 3. The fourth-order valence-corrected chi connectivity index (χ4v) is 1.75. The van der Waals surface area contributed by atoms with Crippen molar-refractivity contribution in [3.05, 3.63) is 59.7 Å². The van der Waals surface area contributed by atoms with Crippen molar-refractivity contribution in [2.75, 3.05) is 12.8 Å². The Balaban J connectivity index is 2.06. The minimum atomic E-state index is -0.172. The summed E-state index contributed by atoms with van der Waals surface area (Å²) in [7, 11) is 1.54. The molecule has 0 atom stereocenters. The van der Waals surface area contributed by atoms with E-state index >= 15 is 0 Å². The van der Waals surface area contributed by atoms with Crippen LogP contribution in [0.2, 0.25) is 0 Å². The van der Waals surface area contributed by atoms with E-state index < -0.39 is 0 Å². The van der Waals surface area contributed by atoms with Crippen LogP contribution in [0.5, 0.6) is 5.75 Å². The largest absolute Gasteiger partial charge is 0.497 e. The number of nitrogens with one attached hydrogen (secondary N) is 1. The highest BCUT2D eigenvalue weighted by Gasteiger charge is 2.08. The maximum atomic E-state index is 12.0. The molecule has 0 fully saturated rings. The van der Waals surface area contributed by atoms with Crippen LogP contribution in [0, 0.1) is 0 Å². The summed E-state index contributed by atoms with van der Waals surface area (Å²) < 4.78 is 5.09. The Morgan fingerprint density at radius 2 is 1.95 bits per heavy atom. The number of nitrogens with two attached hydrogens (primary N) is 1. The third-order valence-electron chi connectivity index (χ3n) is 2.72. The molecule has 4 nitrogen and oxygen atoms in total. The van der Waals surface area contributed by atoms with Gasteiger partial charge in [0, 0.05) is 23.9 Å². The first-order chi connectivity index (χ1) is 9.19. The number of ether oxygens (including phenoxy) is 1. The van der Waals surface area contributed by atoms with Gasteiger partial charge in [0.15, 0.2) is 0 Å². The van der Waals surface area contributed by atoms with Crippen molar-refractivity contribution in [1.82, 2.24) is 5.32 Å². The van der Waals surface area contributed by atoms with Crippen LogP contribution in [0.3, 0.4) is 0 Å². The van der Waals surface area contributed by atoms with Crippen LogP contribution in [0.25, 0.3) is 0 Å². The van der Waals surface area contributed by atoms with Gasteiger partial charge in [-0.2, -0.15) is 0 Å². The van der Waals surface area contributed by atoms with E-state index in [1.165, 1.54) is 0 Å². The minimum absolute atomic E-state index is 0.172. The van der Waals surface area contributed by atoms with Gasteiger partial charge in [0.05, 0.1) is 7.11 Å². The Hall–Kier alpha value is -2.49. The van der Waals surface area contributed by atoms with Gasteiger partial charge < -0.3 is 15.8 Å². The molecular weight excluding hydrogens is 240 g/mol. The summed E-state index contributed by atoms with van der Waals surface area (Å²) >= 11 is 0. The second-order valence-electron chi connectivity index (χ2n) is 4.16. The third-order valence-corrected chi connectivity index (χ3v) is 2.72. The lowest BCUT2D eigenvalue weighted by Crippen LogP contribution is -2.22. The molecule has 2 aromatic carbocycles. The number of nitrogen functional groups attached to an aromatic ring is 1. The molecule has 0 unspecified atom stereocenters. The van der Waals surface area contributed by atoms with Gasteiger partial charge in [-0.15, -0.1) is 0 Å². The normalized spacial score (nSPS) is 9.95. The highest BCUT2D eigenvalue weighted by molar-refractivity contribution is 5.95. The average Bonchev–Trinajstić information content (AvgIpc) is 2.45. The van der Waals surface area contributed by atoms with Crippen LogP contribution >= 0.6 is 0 Å². The molecule has 2 rings (SSSR count). The first-order valence-electron chi connectivity index (χ1n) is 5.96. The van der Waals surface area contributed by atoms with Crippen LogP contribution in [0.1, 0.15) is 15.9 Å². The Labute approximate surface area is 112 Å². The third kappa shape index (κ3) is 3.48. The summed E-state index contributed by atoms with van der Waals surface area (Å²) in [6, 6.07) is 14.7. The zero-order chi connectivity index (χ0) is 13.7. The minimum Gasteiger partial charge on any atom is -0.497 e. The predicted octanol–water partition coefficient (Wildman–Crippen LogP) is 2.21. The van der Waals surface area contributed by atoms with Crippen molar-refractivity contribution in [2.45, 2.75) is 6.54 Å². The second-order valence-corrected chi connectivity index (χ2v) is 4.16. The van der Waals surface area contributed by atoms with Crippen molar-refractivity contribution in [3.63, 3.8) is 0 Å². The standard InChI is InChI=1S/C15H16N2O2/c1-19-14-8-12(7-13(16)9-14)15(18)17-10-11-5-3-2-4-6-11/h2-9H,10,16H2,1H3,(H,17,18). The lowest BCUT2D eigenvalue weighted by molar-refractivity contribution is 0.0950. The van der Waals surface area contributed by atoms with E-state index in [0.717, 1.165) is 5.56 Å². The molecule has 0 heterocycles. The van der Waals surface area contributed by atoms with Crippen LogP contribution in [0.4, 0.5) is 5.69 Å². The topological polar surface area (TPSA) is 64.3 Å². The number of amides is 1. The number of methoxy groups -OCH3 is 1. The fourth-order valence-electron chi connectivity index (χ4n) is 1.75. The van der Waals surface area contributed by atoms with Crippen molar-refractivity contribution >= 4 is 11.6 Å². The number of carbonyl (C=O) groups is 1. The first-order valence-corrected chi connectivity index (χ1v) is 5.96. The maximum absolute atomic E-state index is 12.0. The predicted molar refractivity (Wildman–Crippen MR) is 75.0 cm³/mol. The van der Waals surface area contributed by atoms with E-state index in [1.807, 2.05) is 30.3 Å². The van der Waals surface area contributed by atoms with Gasteiger partial charge >= 0.3 is 0 Å². The Kier molecular flexibility index (Phi) is 4.03. The maximum Gasteiger partial charge on any atom is 0.251 e. The number of benzene rings is 2. The molecular formula is C15H16N2O2. The zero-order valence-corrected chi connectivity index (χ0v) is 10.7. The summed E-state index contributed by atoms with van der Waals surface area (Å²) in [6.45, 7) is 0.483. The summed E-state index contributed by atoms with van der Waals surface area (Å²) in [6.07, 6.45) is 0. The molecule has 0 aromatic heterocycles. The summed E-state index contributed by atoms with van der Waals surface area (Å²) in [4.78, 5) is 12.0. The van der Waals surface area contributed by atoms with E-state index in [-0.39, 0.29) is 5.91 Å². The molecule has 19 heavy (non-hydrogen) atoms. The van der Waals surface area contributed by atoms with E-state index in [0.29, 0.717) is 23.5 Å². The molecule has 3 N–H and O–H groups in total. The van der Waals surface area contributed by atoms with Gasteiger partial charge in [-0.1, -0.05) is 30.3 Å². The quantitative estimate of drug-likeness (QED) is 0.824. The lowest BCUT2D eigenvalue weighted by Gasteiger charge is -2.08. The first kappa shape index (κ1) is 13.0. The highest BCUT2D eigenvalue weighted by Crippen LogP contribution is 2.18. The van der Waals surface area contributed by atoms with Gasteiger partial charge in [0.1, 0.15) is 5.75 Å². The molecule has 0 saturated carbocycles. The Bertz CT molecular complexity index is 568. The van der Waals surface area contributed by atoms with Crippen molar-refractivity contribution < 1.29 is 9.53 Å². The van der Waals surface area contributed by atoms with E-state index in [2.05, 4.69) is 5.32 Å². The van der Waals surface area contributed by atoms with Crippen LogP contribution in [0.15, 0.2) is 48.5 Å².